The second kappa shape index (κ2) is 17.6. The van der Waals surface area contributed by atoms with E-state index in [-0.39, 0.29) is 52.9 Å². The number of rotatable bonds is 12. The van der Waals surface area contributed by atoms with Crippen LogP contribution < -0.4 is 18.9 Å². The number of amides is 16. The van der Waals surface area contributed by atoms with Gasteiger partial charge in [-0.3, -0.25) is 78.4 Å². The van der Waals surface area contributed by atoms with Gasteiger partial charge in [-0.05, 0) is 52.0 Å². The molecule has 82 heavy (non-hydrogen) atoms. The Bertz CT molecular complexity index is 2880. The van der Waals surface area contributed by atoms with Crippen molar-refractivity contribution >= 4 is 112 Å². The SMILES string of the molecule is CC12N3Cc4c(OCCBr)ccc(OCCBr)c4CN1C(=O)N1CN4C(=O)N5CN6C(=O)N7CN8C(=O)N9Cc%10c(OCCBr)ccc(OCCBr)c%10CN%10C(=O)N(CN%11C(=O)N(CN%12C(=O)N(CN(C3=O)C12C)C4C%125)C6C%117)C8(C)C%109C. The molecule has 32 heteroatoms. The number of halogens is 4. The van der Waals surface area contributed by atoms with E-state index in [2.05, 4.69) is 63.7 Å². The molecule has 0 bridgehead atoms. The van der Waals surface area contributed by atoms with Crippen LogP contribution in [0.3, 0.4) is 0 Å². The maximum absolute atomic E-state index is 15.5. The van der Waals surface area contributed by atoms with Crippen LogP contribution in [-0.2, 0) is 26.2 Å². The Labute approximate surface area is 503 Å². The van der Waals surface area contributed by atoms with Gasteiger partial charge in [0.2, 0.25) is 0 Å². The monoisotopic (exact) mass is 1390 g/mol. The first-order valence-electron chi connectivity index (χ1n) is 27.1. The maximum atomic E-state index is 15.5. The van der Waals surface area contributed by atoms with Crippen LogP contribution >= 0.6 is 63.7 Å². The van der Waals surface area contributed by atoms with Gasteiger partial charge in [0.1, 0.15) is 63.0 Å². The highest BCUT2D eigenvalue weighted by Crippen LogP contribution is 2.59. The molecule has 11 saturated heterocycles. The van der Waals surface area contributed by atoms with E-state index in [9.17, 15) is 0 Å². The fourth-order valence-corrected chi connectivity index (χ4v) is 16.4. The first-order valence-corrected chi connectivity index (χ1v) is 31.6. The molecule has 0 N–H and O–H groups in total. The molecule has 11 fully saturated rings. The minimum absolute atomic E-state index is 0.0240. The largest absolute Gasteiger partial charge is 0.492 e. The number of carbonyl (C=O) groups excluding carboxylic acids is 8. The van der Waals surface area contributed by atoms with Gasteiger partial charge in [-0.15, -0.1) is 0 Å². The van der Waals surface area contributed by atoms with Crippen molar-refractivity contribution in [3.63, 3.8) is 0 Å². The number of benzene rings is 2. The average Bonchev–Trinajstić information content (AvgIpc) is 1.95. The third kappa shape index (κ3) is 6.06. The van der Waals surface area contributed by atoms with Crippen LogP contribution in [0.4, 0.5) is 38.4 Å². The summed E-state index contributed by atoms with van der Waals surface area (Å²) in [5.74, 6) is 2.12. The smallest absolute Gasteiger partial charge is 0.326 e. The molecule has 0 unspecified atom stereocenters. The number of ether oxygens (including phenoxy) is 4. The molecule has 0 radical (unpaired) electrons. The summed E-state index contributed by atoms with van der Waals surface area (Å²) in [5.41, 5.74) is -3.02. The second-order valence-electron chi connectivity index (χ2n) is 22.8. The molecule has 13 heterocycles. The van der Waals surface area contributed by atoms with E-state index in [4.69, 9.17) is 18.9 Å². The number of urea groups is 8. The van der Waals surface area contributed by atoms with Gasteiger partial charge in [-0.25, -0.2) is 38.4 Å². The molecule has 0 atom stereocenters. The topological polar surface area (TPSA) is 225 Å². The Balaban J connectivity index is 0.785. The molecule has 15 rings (SSSR count). The highest BCUT2D eigenvalue weighted by Gasteiger charge is 2.80. The predicted octanol–water partition coefficient (Wildman–Crippen LogP) is 4.36. The Hall–Kier alpha value is -6.28. The van der Waals surface area contributed by atoms with Crippen molar-refractivity contribution in [2.45, 2.75) is 101 Å². The number of nitrogens with zero attached hydrogens (tertiary/aromatic N) is 16. The molecule has 436 valence electrons. The zero-order valence-corrected chi connectivity index (χ0v) is 51.3. The first-order chi connectivity index (χ1) is 39.4. The standard InChI is InChI=1S/C50H56Br4N16O12/c1-47-49(3)67-23-59-37-35-55(39(59)71)21-57-36-38-61(41(57)73)25-69-45(77)65-19-29-30(34(82-16-12-54)8-7-33(29)81-15-11-53)20-66-46(78)70(50(69,4)48(65,66)2)26-62(38)42(74)58(36)22-56(35)40(72)60(37)24-68(49)44(76)64(47)18-28-27(17-63(47)43(67)75)31(79-13-9-51)5-6-32(28)80-14-10-52/h5-8,35-38H,9-26H2,1-4H3. The van der Waals surface area contributed by atoms with Gasteiger partial charge < -0.3 is 18.9 Å². The van der Waals surface area contributed by atoms with Crippen molar-refractivity contribution in [1.29, 1.82) is 0 Å². The van der Waals surface area contributed by atoms with Gasteiger partial charge >= 0.3 is 48.2 Å². The van der Waals surface area contributed by atoms with Crippen molar-refractivity contribution in [3.8, 4) is 23.0 Å². The van der Waals surface area contributed by atoms with Gasteiger partial charge in [0.05, 0.1) is 52.6 Å². The van der Waals surface area contributed by atoms with Crippen LogP contribution in [0.1, 0.15) is 49.9 Å². The zero-order chi connectivity index (χ0) is 57.2. The van der Waals surface area contributed by atoms with Crippen LogP contribution in [0, 0.1) is 0 Å². The molecular weight excluding hydrogens is 1340 g/mol. The van der Waals surface area contributed by atoms with Crippen molar-refractivity contribution in [1.82, 2.24) is 78.4 Å². The molecule has 0 spiro atoms. The summed E-state index contributed by atoms with van der Waals surface area (Å²) in [6.07, 6.45) is -4.42. The normalized spacial score (nSPS) is 32.3. The summed E-state index contributed by atoms with van der Waals surface area (Å²) in [4.78, 5) is 148. The molecule has 2 aromatic rings. The van der Waals surface area contributed by atoms with Crippen molar-refractivity contribution in [2.75, 3.05) is 87.8 Å². The van der Waals surface area contributed by atoms with E-state index >= 15 is 38.4 Å². The Morgan fingerprint density at radius 3 is 0.732 bits per heavy atom. The second-order valence-corrected chi connectivity index (χ2v) is 26.0. The number of hydrogen-bond donors (Lipinski definition) is 0. The summed E-state index contributed by atoms with van der Waals surface area (Å²) < 4.78 is 24.9. The number of carbonyl (C=O) groups is 8. The van der Waals surface area contributed by atoms with Gasteiger partial charge in [-0.1, -0.05) is 63.7 Å². The van der Waals surface area contributed by atoms with Gasteiger partial charge in [-0.2, -0.15) is 0 Å². The molecule has 0 aromatic heterocycles. The number of fused-ring (bicyclic) bond motifs is 2. The average molecular weight is 1390 g/mol. The molecule has 0 saturated carbocycles. The lowest BCUT2D eigenvalue weighted by atomic mass is 9.95. The van der Waals surface area contributed by atoms with Crippen molar-refractivity contribution in [2.24, 2.45) is 0 Å². The van der Waals surface area contributed by atoms with E-state index in [1.165, 1.54) is 58.8 Å². The van der Waals surface area contributed by atoms with Gasteiger partial charge in [0, 0.05) is 43.6 Å². The third-order valence-electron chi connectivity index (χ3n) is 20.0. The Kier molecular flexibility index (Phi) is 11.3. The summed E-state index contributed by atoms with van der Waals surface area (Å²) in [6.45, 7) is 6.44. The van der Waals surface area contributed by atoms with E-state index in [1.54, 1.807) is 57.7 Å². The Morgan fingerprint density at radius 2 is 0.524 bits per heavy atom. The van der Waals surface area contributed by atoms with Crippen molar-refractivity contribution < 1.29 is 57.3 Å². The highest BCUT2D eigenvalue weighted by molar-refractivity contribution is 9.09. The quantitative estimate of drug-likeness (QED) is 0.270. The maximum Gasteiger partial charge on any atom is 0.326 e. The minimum Gasteiger partial charge on any atom is -0.492 e. The fourth-order valence-electron chi connectivity index (χ4n) is 15.8. The molecule has 2 aromatic carbocycles. The van der Waals surface area contributed by atoms with E-state index in [0.717, 1.165) is 0 Å². The van der Waals surface area contributed by atoms with E-state index < -0.39 is 109 Å². The lowest BCUT2D eigenvalue weighted by molar-refractivity contribution is -0.0871. The molecule has 13 aliphatic rings. The van der Waals surface area contributed by atoms with E-state index in [0.29, 0.717) is 93.0 Å². The molecule has 28 nitrogen and oxygen atoms in total. The summed E-state index contributed by atoms with van der Waals surface area (Å²) in [6, 6.07) is 3.02. The summed E-state index contributed by atoms with van der Waals surface area (Å²) in [7, 11) is 0. The number of hydrogen-bond acceptors (Lipinski definition) is 12. The highest BCUT2D eigenvalue weighted by atomic mass is 79.9. The summed E-state index contributed by atoms with van der Waals surface area (Å²) in [5, 5.41) is 2.18. The molecule has 13 aliphatic heterocycles. The first kappa shape index (κ1) is 52.5. The third-order valence-corrected chi connectivity index (χ3v) is 21.3. The number of alkyl halides is 4. The van der Waals surface area contributed by atoms with Gasteiger partial charge in [0.25, 0.3) is 0 Å². The van der Waals surface area contributed by atoms with Crippen LogP contribution in [0.25, 0.3) is 0 Å². The van der Waals surface area contributed by atoms with E-state index in [1.807, 2.05) is 13.8 Å². The fraction of sp³-hybridized carbons (Fsp3) is 0.600. The molecule has 16 amide bonds. The van der Waals surface area contributed by atoms with Crippen LogP contribution in [-0.4, -0.2) is 262 Å². The van der Waals surface area contributed by atoms with Crippen LogP contribution in [0.5, 0.6) is 23.0 Å². The minimum atomic E-state index is -1.48. The zero-order valence-electron chi connectivity index (χ0n) is 44.9. The molecule has 0 aliphatic carbocycles. The lowest BCUT2D eigenvalue weighted by Crippen LogP contribution is -2.69. The lowest BCUT2D eigenvalue weighted by Gasteiger charge is -2.49. The summed E-state index contributed by atoms with van der Waals surface area (Å²) >= 11 is 13.8. The van der Waals surface area contributed by atoms with Crippen LogP contribution in [0.15, 0.2) is 24.3 Å². The molecular formula is C50H56Br4N16O12. The van der Waals surface area contributed by atoms with Crippen LogP contribution in [0.2, 0.25) is 0 Å². The van der Waals surface area contributed by atoms with Crippen molar-refractivity contribution in [3.05, 3.63) is 46.5 Å². The Morgan fingerprint density at radius 1 is 0.329 bits per heavy atom. The van der Waals surface area contributed by atoms with Gasteiger partial charge in [0.15, 0.2) is 47.3 Å². The predicted molar refractivity (Wildman–Crippen MR) is 295 cm³/mol.